The van der Waals surface area contributed by atoms with Crippen LogP contribution in [-0.2, 0) is 13.6 Å². The first-order chi connectivity index (χ1) is 7.09. The molecule has 0 fully saturated rings. The number of nitrogens with zero attached hydrogens (tertiary/aromatic N) is 4. The molecule has 80 valence electrons. The molecule has 0 saturated heterocycles. The summed E-state index contributed by atoms with van der Waals surface area (Å²) >= 11 is 0. The number of nitrogen functional groups attached to an aromatic ring is 1. The maximum Gasteiger partial charge on any atom is 0.124 e. The minimum absolute atomic E-state index is 0.680. The van der Waals surface area contributed by atoms with Gasteiger partial charge in [0.05, 0.1) is 18.9 Å². The van der Waals surface area contributed by atoms with Gasteiger partial charge in [-0.2, -0.15) is 10.2 Å². The van der Waals surface area contributed by atoms with E-state index >= 15 is 0 Å². The Morgan fingerprint density at radius 3 is 2.47 bits per heavy atom. The third-order valence-electron chi connectivity index (χ3n) is 2.73. The van der Waals surface area contributed by atoms with Gasteiger partial charge >= 0.3 is 0 Å². The van der Waals surface area contributed by atoms with Crippen LogP contribution < -0.4 is 5.73 Å². The molecule has 0 amide bonds. The van der Waals surface area contributed by atoms with Gasteiger partial charge in [-0.15, -0.1) is 0 Å². The monoisotopic (exact) mass is 205 g/mol. The smallest absolute Gasteiger partial charge is 0.124 e. The van der Waals surface area contributed by atoms with Crippen molar-refractivity contribution >= 4 is 5.82 Å². The van der Waals surface area contributed by atoms with E-state index < -0.39 is 0 Å². The van der Waals surface area contributed by atoms with E-state index in [4.69, 9.17) is 5.73 Å². The van der Waals surface area contributed by atoms with Gasteiger partial charge < -0.3 is 5.73 Å². The molecule has 0 unspecified atom stereocenters. The van der Waals surface area contributed by atoms with Crippen LogP contribution in [0.3, 0.4) is 0 Å². The molecule has 0 saturated carbocycles. The van der Waals surface area contributed by atoms with Crippen LogP contribution in [0.2, 0.25) is 0 Å². The lowest BCUT2D eigenvalue weighted by Crippen LogP contribution is -2.07. The molecule has 2 heterocycles. The molecule has 0 radical (unpaired) electrons. The normalized spacial score (nSPS) is 10.9. The Bertz CT molecular complexity index is 436. The van der Waals surface area contributed by atoms with Crippen LogP contribution in [0, 0.1) is 13.8 Å². The fourth-order valence-corrected chi connectivity index (χ4v) is 1.47. The summed E-state index contributed by atoms with van der Waals surface area (Å²) in [6.45, 7) is 4.67. The summed E-state index contributed by atoms with van der Waals surface area (Å²) in [6, 6.07) is 0. The summed E-state index contributed by atoms with van der Waals surface area (Å²) in [7, 11) is 1.93. The molecule has 0 atom stereocenters. The summed E-state index contributed by atoms with van der Waals surface area (Å²) in [4.78, 5) is 0. The van der Waals surface area contributed by atoms with Crippen molar-refractivity contribution in [2.75, 3.05) is 5.73 Å². The number of hydrogen-bond acceptors (Lipinski definition) is 3. The molecule has 15 heavy (non-hydrogen) atoms. The highest BCUT2D eigenvalue weighted by Gasteiger charge is 2.08. The van der Waals surface area contributed by atoms with Crippen molar-refractivity contribution < 1.29 is 0 Å². The molecule has 5 heteroatoms. The average Bonchev–Trinajstić information content (AvgIpc) is 2.68. The number of nitrogens with two attached hydrogens (primary N) is 1. The van der Waals surface area contributed by atoms with Gasteiger partial charge in [-0.05, 0) is 13.8 Å². The second-order valence-corrected chi connectivity index (χ2v) is 3.75. The molecule has 0 aliphatic heterocycles. The predicted molar refractivity (Wildman–Crippen MR) is 58.4 cm³/mol. The third kappa shape index (κ3) is 1.60. The van der Waals surface area contributed by atoms with Crippen molar-refractivity contribution in [1.82, 2.24) is 19.6 Å². The molecule has 2 aromatic rings. The SMILES string of the molecule is Cc1cnn(Cc2cnn(C)c2C)c1N. The Morgan fingerprint density at radius 1 is 1.27 bits per heavy atom. The number of aryl methyl sites for hydroxylation is 2. The van der Waals surface area contributed by atoms with Gasteiger partial charge in [0.15, 0.2) is 0 Å². The Kier molecular flexibility index (Phi) is 2.22. The second-order valence-electron chi connectivity index (χ2n) is 3.75. The largest absolute Gasteiger partial charge is 0.384 e. The van der Waals surface area contributed by atoms with Crippen molar-refractivity contribution in [2.24, 2.45) is 7.05 Å². The van der Waals surface area contributed by atoms with E-state index in [1.165, 1.54) is 0 Å². The van der Waals surface area contributed by atoms with Gasteiger partial charge in [-0.3, -0.25) is 4.68 Å². The number of anilines is 1. The zero-order valence-corrected chi connectivity index (χ0v) is 9.23. The fraction of sp³-hybridized carbons (Fsp3) is 0.400. The molecule has 2 N–H and O–H groups in total. The Labute approximate surface area is 88.5 Å². The highest BCUT2D eigenvalue weighted by molar-refractivity contribution is 5.38. The molecule has 0 spiro atoms. The molecular formula is C10H15N5. The van der Waals surface area contributed by atoms with Crippen LogP contribution in [0.1, 0.15) is 16.8 Å². The fourth-order valence-electron chi connectivity index (χ4n) is 1.47. The molecule has 0 aromatic carbocycles. The molecular weight excluding hydrogens is 190 g/mol. The van der Waals surface area contributed by atoms with Crippen LogP contribution in [0.5, 0.6) is 0 Å². The van der Waals surface area contributed by atoms with E-state index in [2.05, 4.69) is 10.2 Å². The predicted octanol–water partition coefficient (Wildman–Crippen LogP) is 0.864. The highest BCUT2D eigenvalue weighted by atomic mass is 15.3. The van der Waals surface area contributed by atoms with Crippen LogP contribution in [0.15, 0.2) is 12.4 Å². The van der Waals surface area contributed by atoms with Gasteiger partial charge in [0.2, 0.25) is 0 Å². The van der Waals surface area contributed by atoms with E-state index in [0.717, 1.165) is 22.6 Å². The first-order valence-electron chi connectivity index (χ1n) is 4.85. The lowest BCUT2D eigenvalue weighted by atomic mass is 10.2. The Balaban J connectivity index is 2.29. The zero-order valence-electron chi connectivity index (χ0n) is 9.23. The standard InChI is InChI=1S/C10H15N5/c1-7-4-13-15(10(7)11)6-9-5-12-14(3)8(9)2/h4-5H,6,11H2,1-3H3. The Morgan fingerprint density at radius 2 is 2.00 bits per heavy atom. The summed E-state index contributed by atoms with van der Waals surface area (Å²) in [5.41, 5.74) is 9.18. The summed E-state index contributed by atoms with van der Waals surface area (Å²) in [5, 5.41) is 8.40. The van der Waals surface area contributed by atoms with E-state index in [1.54, 1.807) is 10.9 Å². The first kappa shape index (κ1) is 9.76. The second kappa shape index (κ2) is 3.42. The van der Waals surface area contributed by atoms with Gasteiger partial charge in [0, 0.05) is 23.9 Å². The van der Waals surface area contributed by atoms with Crippen LogP contribution >= 0.6 is 0 Å². The van der Waals surface area contributed by atoms with E-state index in [9.17, 15) is 0 Å². The van der Waals surface area contributed by atoms with Crippen LogP contribution in [-0.4, -0.2) is 19.6 Å². The summed E-state index contributed by atoms with van der Waals surface area (Å²) in [6.07, 6.45) is 3.63. The molecule has 0 aliphatic carbocycles. The van der Waals surface area contributed by atoms with E-state index in [1.807, 2.05) is 31.8 Å². The maximum absolute atomic E-state index is 5.88. The van der Waals surface area contributed by atoms with Crippen molar-refractivity contribution in [3.63, 3.8) is 0 Å². The molecule has 2 rings (SSSR count). The van der Waals surface area contributed by atoms with Crippen LogP contribution in [0.25, 0.3) is 0 Å². The topological polar surface area (TPSA) is 61.7 Å². The van der Waals surface area contributed by atoms with Crippen LogP contribution in [0.4, 0.5) is 5.82 Å². The van der Waals surface area contributed by atoms with Crippen molar-refractivity contribution in [3.05, 3.63) is 29.2 Å². The van der Waals surface area contributed by atoms with Gasteiger partial charge in [0.1, 0.15) is 5.82 Å². The van der Waals surface area contributed by atoms with Crippen molar-refractivity contribution in [3.8, 4) is 0 Å². The molecule has 5 nitrogen and oxygen atoms in total. The van der Waals surface area contributed by atoms with Crippen molar-refractivity contribution in [1.29, 1.82) is 0 Å². The minimum Gasteiger partial charge on any atom is -0.384 e. The van der Waals surface area contributed by atoms with Gasteiger partial charge in [-0.1, -0.05) is 0 Å². The van der Waals surface area contributed by atoms with Gasteiger partial charge in [-0.25, -0.2) is 4.68 Å². The molecule has 0 aliphatic rings. The third-order valence-corrected chi connectivity index (χ3v) is 2.73. The molecule has 0 bridgehead atoms. The average molecular weight is 205 g/mol. The van der Waals surface area contributed by atoms with E-state index in [0.29, 0.717) is 6.54 Å². The quantitative estimate of drug-likeness (QED) is 0.791. The maximum atomic E-state index is 5.88. The minimum atomic E-state index is 0.680. The summed E-state index contributed by atoms with van der Waals surface area (Å²) in [5.74, 6) is 0.721. The number of hydrogen-bond donors (Lipinski definition) is 1. The van der Waals surface area contributed by atoms with E-state index in [-0.39, 0.29) is 0 Å². The Hall–Kier alpha value is -1.78. The zero-order chi connectivity index (χ0) is 11.0. The summed E-state index contributed by atoms with van der Waals surface area (Å²) < 4.78 is 3.64. The molecule has 2 aromatic heterocycles. The highest BCUT2D eigenvalue weighted by Crippen LogP contribution is 2.13. The first-order valence-corrected chi connectivity index (χ1v) is 4.85. The lowest BCUT2D eigenvalue weighted by molar-refractivity contribution is 0.687. The number of rotatable bonds is 2. The number of aromatic nitrogens is 4. The lowest BCUT2D eigenvalue weighted by Gasteiger charge is -2.04. The van der Waals surface area contributed by atoms with Crippen molar-refractivity contribution in [2.45, 2.75) is 20.4 Å². The van der Waals surface area contributed by atoms with Gasteiger partial charge in [0.25, 0.3) is 0 Å².